The molecule has 0 fully saturated rings. The van der Waals surface area contributed by atoms with Crippen LogP contribution >= 0.6 is 0 Å². The lowest BCUT2D eigenvalue weighted by atomic mass is 10.3. The maximum Gasteiger partial charge on any atom is 0.126 e. The maximum absolute atomic E-state index is 12.8. The molecule has 0 spiro atoms. The summed E-state index contributed by atoms with van der Waals surface area (Å²) in [7, 11) is -1.37. The molecule has 1 aromatic rings. The molecule has 0 aromatic heterocycles. The number of hydrogen-bond donors (Lipinski definition) is 2. The Morgan fingerprint density at radius 3 is 2.69 bits per heavy atom. The first kappa shape index (κ1) is 10.1. The summed E-state index contributed by atoms with van der Waals surface area (Å²) in [5, 5.41) is 8.52. The van der Waals surface area contributed by atoms with Gasteiger partial charge in [-0.15, -0.1) is 0 Å². The fourth-order valence-corrected chi connectivity index (χ4v) is 1.83. The third-order valence-electron chi connectivity index (χ3n) is 1.43. The van der Waals surface area contributed by atoms with Crippen molar-refractivity contribution in [2.75, 3.05) is 18.1 Å². The highest BCUT2D eigenvalue weighted by molar-refractivity contribution is 7.85. The van der Waals surface area contributed by atoms with Crippen molar-refractivity contribution >= 4 is 16.5 Å². The van der Waals surface area contributed by atoms with Crippen LogP contribution in [0.5, 0.6) is 0 Å². The highest BCUT2D eigenvalue weighted by Gasteiger charge is 2.05. The van der Waals surface area contributed by atoms with Crippen LogP contribution in [0.15, 0.2) is 23.1 Å². The Morgan fingerprint density at radius 2 is 2.15 bits per heavy atom. The van der Waals surface area contributed by atoms with Crippen molar-refractivity contribution < 1.29 is 13.7 Å². The van der Waals surface area contributed by atoms with Crippen LogP contribution in [0.3, 0.4) is 0 Å². The minimum atomic E-state index is -1.37. The Bertz CT molecular complexity index is 310. The normalized spacial score (nSPS) is 12.8. The smallest absolute Gasteiger partial charge is 0.126 e. The number of halogens is 1. The minimum Gasteiger partial charge on any atom is -0.399 e. The standard InChI is InChI=1S/C8H10FNO2S/c9-6-3-7(10)5-8(4-6)13(12)2-1-11/h3-5,11H,1-2,10H2. The lowest BCUT2D eigenvalue weighted by molar-refractivity contribution is 0.321. The summed E-state index contributed by atoms with van der Waals surface area (Å²) in [6.07, 6.45) is 0. The molecule has 1 aromatic carbocycles. The first-order valence-corrected chi connectivity index (χ1v) is 5.00. The molecule has 5 heteroatoms. The monoisotopic (exact) mass is 203 g/mol. The van der Waals surface area contributed by atoms with Gasteiger partial charge in [-0.25, -0.2) is 4.39 Å². The number of rotatable bonds is 3. The van der Waals surface area contributed by atoms with E-state index in [1.54, 1.807) is 0 Å². The zero-order chi connectivity index (χ0) is 9.84. The van der Waals surface area contributed by atoms with E-state index in [2.05, 4.69) is 0 Å². The van der Waals surface area contributed by atoms with Crippen LogP contribution in [0.25, 0.3) is 0 Å². The Morgan fingerprint density at radius 1 is 1.46 bits per heavy atom. The molecular formula is C8H10FNO2S. The summed E-state index contributed by atoms with van der Waals surface area (Å²) in [5.41, 5.74) is 5.59. The van der Waals surface area contributed by atoms with Gasteiger partial charge in [0.2, 0.25) is 0 Å². The molecule has 13 heavy (non-hydrogen) atoms. The van der Waals surface area contributed by atoms with E-state index in [4.69, 9.17) is 10.8 Å². The van der Waals surface area contributed by atoms with Gasteiger partial charge in [0.05, 0.1) is 23.2 Å². The Kier molecular flexibility index (Phi) is 3.39. The second-order valence-electron chi connectivity index (χ2n) is 2.49. The van der Waals surface area contributed by atoms with Gasteiger partial charge in [-0.2, -0.15) is 0 Å². The van der Waals surface area contributed by atoms with Crippen LogP contribution < -0.4 is 5.73 Å². The predicted octanol–water partition coefficient (Wildman–Crippen LogP) is 0.508. The first-order chi connectivity index (χ1) is 6.13. The minimum absolute atomic E-state index is 0.100. The summed E-state index contributed by atoms with van der Waals surface area (Å²) in [6.45, 7) is -0.191. The highest BCUT2D eigenvalue weighted by Crippen LogP contribution is 2.14. The lowest BCUT2D eigenvalue weighted by Crippen LogP contribution is -2.03. The molecule has 3 nitrogen and oxygen atoms in total. The largest absolute Gasteiger partial charge is 0.399 e. The summed E-state index contributed by atoms with van der Waals surface area (Å²) >= 11 is 0. The molecule has 1 unspecified atom stereocenters. The number of aliphatic hydroxyl groups is 1. The van der Waals surface area contributed by atoms with Gasteiger partial charge in [-0.1, -0.05) is 0 Å². The predicted molar refractivity (Wildman–Crippen MR) is 49.2 cm³/mol. The van der Waals surface area contributed by atoms with E-state index in [9.17, 15) is 8.60 Å². The van der Waals surface area contributed by atoms with Crippen molar-refractivity contribution in [3.05, 3.63) is 24.0 Å². The quantitative estimate of drug-likeness (QED) is 0.703. The van der Waals surface area contributed by atoms with Gasteiger partial charge in [0.1, 0.15) is 5.82 Å². The summed E-state index contributed by atoms with van der Waals surface area (Å²) in [4.78, 5) is 0.312. The summed E-state index contributed by atoms with van der Waals surface area (Å²) in [6, 6.07) is 3.75. The number of nitrogen functional groups attached to an aromatic ring is 1. The molecule has 0 amide bonds. The molecule has 0 aliphatic rings. The third kappa shape index (κ3) is 2.78. The van der Waals surface area contributed by atoms with Crippen molar-refractivity contribution in [2.45, 2.75) is 4.90 Å². The van der Waals surface area contributed by atoms with E-state index in [0.717, 1.165) is 12.1 Å². The third-order valence-corrected chi connectivity index (χ3v) is 2.75. The van der Waals surface area contributed by atoms with Crippen LogP contribution in [0.2, 0.25) is 0 Å². The van der Waals surface area contributed by atoms with E-state index in [1.807, 2.05) is 0 Å². The highest BCUT2D eigenvalue weighted by atomic mass is 32.2. The van der Waals surface area contributed by atoms with E-state index >= 15 is 0 Å². The van der Waals surface area contributed by atoms with Gasteiger partial charge in [0, 0.05) is 10.6 Å². The van der Waals surface area contributed by atoms with Crippen LogP contribution in [-0.2, 0) is 10.8 Å². The molecule has 0 saturated carbocycles. The zero-order valence-electron chi connectivity index (χ0n) is 6.87. The molecule has 0 radical (unpaired) electrons. The molecule has 0 aliphatic carbocycles. The average Bonchev–Trinajstić information content (AvgIpc) is 2.03. The average molecular weight is 203 g/mol. The zero-order valence-corrected chi connectivity index (χ0v) is 7.68. The van der Waals surface area contributed by atoms with Crippen LogP contribution in [0.4, 0.5) is 10.1 Å². The van der Waals surface area contributed by atoms with E-state index in [-0.39, 0.29) is 18.0 Å². The lowest BCUT2D eigenvalue weighted by Gasteiger charge is -2.01. The van der Waals surface area contributed by atoms with Gasteiger partial charge in [-0.05, 0) is 18.2 Å². The van der Waals surface area contributed by atoms with Gasteiger partial charge in [0.25, 0.3) is 0 Å². The maximum atomic E-state index is 12.8. The van der Waals surface area contributed by atoms with E-state index < -0.39 is 16.6 Å². The van der Waals surface area contributed by atoms with E-state index in [1.165, 1.54) is 6.07 Å². The number of anilines is 1. The Hall–Kier alpha value is -0.940. The number of aliphatic hydroxyl groups excluding tert-OH is 1. The van der Waals surface area contributed by atoms with Crippen molar-refractivity contribution in [1.82, 2.24) is 0 Å². The number of hydrogen-bond acceptors (Lipinski definition) is 3. The molecule has 0 bridgehead atoms. The number of nitrogens with two attached hydrogens (primary N) is 1. The van der Waals surface area contributed by atoms with Crippen LogP contribution in [-0.4, -0.2) is 21.7 Å². The summed E-state index contributed by atoms with van der Waals surface area (Å²) < 4.78 is 24.0. The molecule has 72 valence electrons. The van der Waals surface area contributed by atoms with Crippen LogP contribution in [0.1, 0.15) is 0 Å². The Labute approximate surface area is 77.8 Å². The number of benzene rings is 1. The topological polar surface area (TPSA) is 63.3 Å². The molecular weight excluding hydrogens is 193 g/mol. The SMILES string of the molecule is Nc1cc(F)cc(S(=O)CCO)c1. The molecule has 0 saturated heterocycles. The second-order valence-corrected chi connectivity index (χ2v) is 4.06. The van der Waals surface area contributed by atoms with Gasteiger partial charge >= 0.3 is 0 Å². The molecule has 1 rings (SSSR count). The molecule has 3 N–H and O–H groups in total. The van der Waals surface area contributed by atoms with Crippen molar-refractivity contribution in [1.29, 1.82) is 0 Å². The first-order valence-electron chi connectivity index (χ1n) is 3.69. The van der Waals surface area contributed by atoms with Gasteiger partial charge in [-0.3, -0.25) is 4.21 Å². The molecule has 0 aliphatic heterocycles. The van der Waals surface area contributed by atoms with Crippen molar-refractivity contribution in [3.63, 3.8) is 0 Å². The summed E-state index contributed by atoms with van der Waals surface area (Å²) in [5.74, 6) is -0.413. The van der Waals surface area contributed by atoms with Crippen molar-refractivity contribution in [2.24, 2.45) is 0 Å². The second kappa shape index (κ2) is 4.34. The fraction of sp³-hybridized carbons (Fsp3) is 0.250. The van der Waals surface area contributed by atoms with Gasteiger partial charge in [0.15, 0.2) is 0 Å². The van der Waals surface area contributed by atoms with Crippen molar-refractivity contribution in [3.8, 4) is 0 Å². The van der Waals surface area contributed by atoms with Gasteiger partial charge < -0.3 is 10.8 Å². The molecule has 1 atom stereocenters. The fourth-order valence-electron chi connectivity index (χ4n) is 0.917. The molecule has 0 heterocycles. The van der Waals surface area contributed by atoms with Crippen LogP contribution in [0, 0.1) is 5.82 Å². The Balaban J connectivity index is 2.94. The van der Waals surface area contributed by atoms with E-state index in [0.29, 0.717) is 4.90 Å².